The molecule has 0 bridgehead atoms. The van der Waals surface area contributed by atoms with Crippen molar-refractivity contribution in [2.24, 2.45) is 0 Å². The van der Waals surface area contributed by atoms with Crippen LogP contribution in [0.5, 0.6) is 0 Å². The Balaban J connectivity index is 1.47. The van der Waals surface area contributed by atoms with Gasteiger partial charge in [0.05, 0.1) is 17.1 Å². The number of esters is 1. The summed E-state index contributed by atoms with van der Waals surface area (Å²) in [6.45, 7) is 3.50. The highest BCUT2D eigenvalue weighted by Gasteiger charge is 2.21. The number of hydrogen-bond donors (Lipinski definition) is 0. The van der Waals surface area contributed by atoms with Crippen molar-refractivity contribution in [1.29, 1.82) is 0 Å². The Bertz CT molecular complexity index is 1480. The van der Waals surface area contributed by atoms with E-state index in [-0.39, 0.29) is 29.5 Å². The van der Waals surface area contributed by atoms with Gasteiger partial charge in [0.25, 0.3) is 11.1 Å². The highest BCUT2D eigenvalue weighted by Crippen LogP contribution is 2.28. The van der Waals surface area contributed by atoms with Gasteiger partial charge in [-0.25, -0.2) is 14.5 Å². The van der Waals surface area contributed by atoms with Crippen molar-refractivity contribution in [3.8, 4) is 0 Å². The molecule has 9 heteroatoms. The molecule has 0 saturated heterocycles. The normalized spacial score (nSPS) is 13.6. The quantitative estimate of drug-likeness (QED) is 0.443. The number of aromatic nitrogens is 4. The molecule has 0 N–H and O–H groups in total. The summed E-state index contributed by atoms with van der Waals surface area (Å²) in [7, 11) is 0. The number of carbonyl (C=O) groups is 1. The molecule has 1 aromatic carbocycles. The van der Waals surface area contributed by atoms with Crippen LogP contribution < -0.4 is 11.1 Å². The van der Waals surface area contributed by atoms with Gasteiger partial charge in [-0.15, -0.1) is 11.3 Å². The minimum Gasteiger partial charge on any atom is -0.454 e. The average Bonchev–Trinajstić information content (AvgIpc) is 3.16. The van der Waals surface area contributed by atoms with Gasteiger partial charge in [0, 0.05) is 22.0 Å². The van der Waals surface area contributed by atoms with E-state index in [1.165, 1.54) is 27.0 Å². The molecule has 0 spiro atoms. The Morgan fingerprint density at radius 2 is 1.91 bits per heavy atom. The molecule has 3 heterocycles. The lowest BCUT2D eigenvalue weighted by Crippen LogP contribution is -2.28. The lowest BCUT2D eigenvalue weighted by molar-refractivity contribution is 0.0460. The lowest BCUT2D eigenvalue weighted by Gasteiger charge is -2.13. The molecule has 4 aromatic rings. The summed E-state index contributed by atoms with van der Waals surface area (Å²) in [5, 5.41) is 5.12. The van der Waals surface area contributed by atoms with Gasteiger partial charge in [-0.3, -0.25) is 14.0 Å². The molecule has 3 aromatic heterocycles. The van der Waals surface area contributed by atoms with Crippen LogP contribution in [-0.4, -0.2) is 25.1 Å². The smallest absolute Gasteiger partial charge is 0.359 e. The maximum Gasteiger partial charge on any atom is 0.359 e. The lowest BCUT2D eigenvalue weighted by atomic mass is 10.0. The second kappa shape index (κ2) is 7.98. The summed E-state index contributed by atoms with van der Waals surface area (Å²) in [5.41, 5.74) is 1.11. The fraction of sp³-hybridized carbons (Fsp3) is 0.348. The average molecular weight is 451 g/mol. The Kier molecular flexibility index (Phi) is 5.13. The molecule has 1 aliphatic carbocycles. The van der Waals surface area contributed by atoms with Crippen molar-refractivity contribution in [2.75, 3.05) is 0 Å². The van der Waals surface area contributed by atoms with Crippen LogP contribution >= 0.6 is 11.3 Å². The first-order valence-electron chi connectivity index (χ1n) is 10.7. The summed E-state index contributed by atoms with van der Waals surface area (Å²) < 4.78 is 8.44. The minimum absolute atomic E-state index is 0.0679. The van der Waals surface area contributed by atoms with Gasteiger partial charge in [-0.2, -0.15) is 5.10 Å². The monoisotopic (exact) mass is 450 g/mol. The van der Waals surface area contributed by atoms with E-state index < -0.39 is 5.97 Å². The molecule has 0 radical (unpaired) electrons. The van der Waals surface area contributed by atoms with Crippen molar-refractivity contribution in [1.82, 2.24) is 19.2 Å². The van der Waals surface area contributed by atoms with E-state index in [2.05, 4.69) is 10.1 Å². The van der Waals surface area contributed by atoms with Crippen molar-refractivity contribution < 1.29 is 9.53 Å². The zero-order valence-electron chi connectivity index (χ0n) is 17.8. The first-order chi connectivity index (χ1) is 15.4. The molecule has 1 aliphatic rings. The van der Waals surface area contributed by atoms with E-state index in [1.54, 1.807) is 28.7 Å². The van der Waals surface area contributed by atoms with Crippen molar-refractivity contribution in [2.45, 2.75) is 52.2 Å². The molecule has 0 unspecified atom stereocenters. The first-order valence-corrected chi connectivity index (χ1v) is 11.5. The third kappa shape index (κ3) is 3.42. The number of carbonyl (C=O) groups excluding carboxylic acids is 1. The fourth-order valence-electron chi connectivity index (χ4n) is 4.13. The van der Waals surface area contributed by atoms with Crippen LogP contribution in [0.3, 0.4) is 0 Å². The van der Waals surface area contributed by atoms with E-state index in [0.717, 1.165) is 31.4 Å². The molecule has 0 fully saturated rings. The number of thiazole rings is 1. The Morgan fingerprint density at radius 1 is 1.16 bits per heavy atom. The number of fused-ring (bicyclic) bond motifs is 4. The van der Waals surface area contributed by atoms with Crippen LogP contribution in [0, 0.1) is 0 Å². The van der Waals surface area contributed by atoms with Crippen LogP contribution in [0.2, 0.25) is 0 Å². The molecule has 5 rings (SSSR count). The zero-order chi connectivity index (χ0) is 22.4. The van der Waals surface area contributed by atoms with E-state index in [9.17, 15) is 14.4 Å². The second-order valence-corrected chi connectivity index (χ2v) is 9.26. The van der Waals surface area contributed by atoms with E-state index in [0.29, 0.717) is 21.4 Å². The Morgan fingerprint density at radius 3 is 2.69 bits per heavy atom. The van der Waals surface area contributed by atoms with Crippen molar-refractivity contribution in [3.63, 3.8) is 0 Å². The second-order valence-electron chi connectivity index (χ2n) is 8.20. The van der Waals surface area contributed by atoms with Gasteiger partial charge in [0.15, 0.2) is 10.7 Å². The SMILES string of the molecule is CC(C)n1nc(C(=O)OCc2cc(=O)n3c4c(sc3n2)CCCC4)c2ccccc2c1=O. The van der Waals surface area contributed by atoms with Crippen LogP contribution in [-0.2, 0) is 24.2 Å². The number of aryl methyl sites for hydroxylation is 2. The molecule has 0 atom stereocenters. The van der Waals surface area contributed by atoms with E-state index in [4.69, 9.17) is 4.74 Å². The first kappa shape index (κ1) is 20.6. The number of ether oxygens (including phenoxy) is 1. The van der Waals surface area contributed by atoms with Gasteiger partial charge in [0.1, 0.15) is 6.61 Å². The van der Waals surface area contributed by atoms with Crippen LogP contribution in [0.15, 0.2) is 39.9 Å². The van der Waals surface area contributed by atoms with Crippen molar-refractivity contribution >= 4 is 33.0 Å². The summed E-state index contributed by atoms with van der Waals surface area (Å²) in [4.78, 5) is 44.7. The summed E-state index contributed by atoms with van der Waals surface area (Å²) >= 11 is 1.53. The minimum atomic E-state index is -0.664. The molecule has 0 amide bonds. The van der Waals surface area contributed by atoms with Gasteiger partial charge < -0.3 is 4.74 Å². The molecular formula is C23H22N4O4S. The Labute approximate surface area is 187 Å². The highest BCUT2D eigenvalue weighted by atomic mass is 32.1. The predicted octanol–water partition coefficient (Wildman–Crippen LogP) is 3.28. The third-order valence-corrected chi connectivity index (χ3v) is 6.82. The van der Waals surface area contributed by atoms with E-state index >= 15 is 0 Å². The maximum atomic E-state index is 12.9. The van der Waals surface area contributed by atoms with Crippen molar-refractivity contribution in [3.05, 3.63) is 73.0 Å². The standard InChI is InChI=1S/C23H22N4O4S/c1-13(2)27-21(29)16-8-4-3-7-15(16)20(25-27)22(30)31-12-14-11-19(28)26-17-9-5-6-10-18(17)32-23(26)24-14/h3-4,7-8,11,13H,5-6,9-10,12H2,1-2H3. The number of benzene rings is 1. The van der Waals surface area contributed by atoms with Gasteiger partial charge >= 0.3 is 5.97 Å². The van der Waals surface area contributed by atoms with Gasteiger partial charge in [-0.05, 0) is 45.6 Å². The van der Waals surface area contributed by atoms with Crippen LogP contribution in [0.25, 0.3) is 15.7 Å². The van der Waals surface area contributed by atoms with Crippen LogP contribution in [0.4, 0.5) is 0 Å². The van der Waals surface area contributed by atoms with Crippen LogP contribution in [0.1, 0.15) is 59.5 Å². The summed E-state index contributed by atoms with van der Waals surface area (Å²) in [6, 6.07) is 8.04. The Hall–Kier alpha value is -3.33. The summed E-state index contributed by atoms with van der Waals surface area (Å²) in [6.07, 6.45) is 4.05. The molecule has 8 nitrogen and oxygen atoms in total. The summed E-state index contributed by atoms with van der Waals surface area (Å²) in [5.74, 6) is -0.664. The number of nitrogens with zero attached hydrogens (tertiary/aromatic N) is 4. The predicted molar refractivity (Wildman–Crippen MR) is 121 cm³/mol. The highest BCUT2D eigenvalue weighted by molar-refractivity contribution is 7.17. The topological polar surface area (TPSA) is 95.6 Å². The fourth-order valence-corrected chi connectivity index (χ4v) is 5.36. The molecule has 32 heavy (non-hydrogen) atoms. The third-order valence-electron chi connectivity index (χ3n) is 5.68. The van der Waals surface area contributed by atoms with Gasteiger partial charge in [-0.1, -0.05) is 18.2 Å². The molecule has 0 aliphatic heterocycles. The largest absolute Gasteiger partial charge is 0.454 e. The molecule has 0 saturated carbocycles. The number of hydrogen-bond acceptors (Lipinski definition) is 7. The number of rotatable bonds is 4. The molecular weight excluding hydrogens is 428 g/mol. The molecule has 164 valence electrons. The van der Waals surface area contributed by atoms with Gasteiger partial charge in [0.2, 0.25) is 0 Å². The van der Waals surface area contributed by atoms with E-state index in [1.807, 2.05) is 13.8 Å². The maximum absolute atomic E-state index is 12.9. The zero-order valence-corrected chi connectivity index (χ0v) is 18.6.